The Morgan fingerprint density at radius 1 is 1.41 bits per heavy atom. The number of halogens is 1. The molecular formula is C16H19FN2O2S. The van der Waals surface area contributed by atoms with Gasteiger partial charge in [0.25, 0.3) is 5.91 Å². The van der Waals surface area contributed by atoms with Crippen LogP contribution in [0.3, 0.4) is 0 Å². The number of nitrogens with zero attached hydrogens (tertiary/aromatic N) is 2. The number of thioether (sulfide) groups is 1. The number of rotatable bonds is 4. The maximum Gasteiger partial charge on any atom is 0.260 e. The first-order chi connectivity index (χ1) is 10.6. The van der Waals surface area contributed by atoms with Crippen LogP contribution in [0, 0.1) is 0 Å². The lowest BCUT2D eigenvalue weighted by molar-refractivity contribution is -0.144. The number of alkyl halides is 1. The van der Waals surface area contributed by atoms with Crippen molar-refractivity contribution in [1.29, 1.82) is 0 Å². The lowest BCUT2D eigenvalue weighted by Crippen LogP contribution is -2.62. The summed E-state index contributed by atoms with van der Waals surface area (Å²) in [5.74, 6) is 0.660. The van der Waals surface area contributed by atoms with Gasteiger partial charge < -0.3 is 9.64 Å². The van der Waals surface area contributed by atoms with Gasteiger partial charge in [0.1, 0.15) is 0 Å². The molecule has 0 bridgehead atoms. The van der Waals surface area contributed by atoms with Crippen LogP contribution in [0.5, 0.6) is 0 Å². The van der Waals surface area contributed by atoms with E-state index in [1.165, 1.54) is 0 Å². The molecule has 118 valence electrons. The standard InChI is InChI=1S/C16H19FN2O2S/c17-16(3-4-16)14(20)19-10-15(11-19)7-13(9-22-15)21-8-12-1-5-18-6-2-12/h1-2,5-6,13H,3-4,7-11H2/t13-/m0/s1. The number of likely N-dealkylation sites (tertiary alicyclic amines) is 1. The van der Waals surface area contributed by atoms with Crippen molar-refractivity contribution in [2.75, 3.05) is 18.8 Å². The van der Waals surface area contributed by atoms with Gasteiger partial charge in [0.05, 0.1) is 17.5 Å². The summed E-state index contributed by atoms with van der Waals surface area (Å²) in [6.07, 6.45) is 5.51. The van der Waals surface area contributed by atoms with Crippen molar-refractivity contribution in [3.8, 4) is 0 Å². The normalized spacial score (nSPS) is 27.7. The molecule has 0 N–H and O–H groups in total. The highest BCUT2D eigenvalue weighted by Gasteiger charge is 2.58. The van der Waals surface area contributed by atoms with Crippen molar-refractivity contribution >= 4 is 17.7 Å². The second-order valence-corrected chi connectivity index (χ2v) is 8.10. The van der Waals surface area contributed by atoms with Crippen LogP contribution in [0.25, 0.3) is 0 Å². The van der Waals surface area contributed by atoms with E-state index < -0.39 is 5.67 Å². The van der Waals surface area contributed by atoms with Crippen LogP contribution in [-0.2, 0) is 16.1 Å². The second-order valence-electron chi connectivity index (χ2n) is 6.61. The van der Waals surface area contributed by atoms with Gasteiger partial charge >= 0.3 is 0 Å². The molecule has 1 saturated carbocycles. The second kappa shape index (κ2) is 5.20. The maximum atomic E-state index is 13.8. The van der Waals surface area contributed by atoms with Gasteiger partial charge in [0, 0.05) is 31.2 Å². The monoisotopic (exact) mass is 322 g/mol. The molecular weight excluding hydrogens is 303 g/mol. The Morgan fingerprint density at radius 3 is 2.82 bits per heavy atom. The Hall–Kier alpha value is -1.14. The number of hydrogen-bond donors (Lipinski definition) is 0. The fourth-order valence-electron chi connectivity index (χ4n) is 3.22. The summed E-state index contributed by atoms with van der Waals surface area (Å²) in [6, 6.07) is 3.91. The third kappa shape index (κ3) is 2.63. The molecule has 1 spiro atoms. The molecule has 6 heteroatoms. The van der Waals surface area contributed by atoms with Crippen LogP contribution < -0.4 is 0 Å². The van der Waals surface area contributed by atoms with E-state index in [1.54, 1.807) is 17.3 Å². The number of hydrogen-bond acceptors (Lipinski definition) is 4. The summed E-state index contributed by atoms with van der Waals surface area (Å²) < 4.78 is 19.9. The lowest BCUT2D eigenvalue weighted by atomic mass is 9.92. The molecule has 0 radical (unpaired) electrons. The van der Waals surface area contributed by atoms with Crippen LogP contribution in [0.15, 0.2) is 24.5 Å². The van der Waals surface area contributed by atoms with Gasteiger partial charge in [0.2, 0.25) is 0 Å². The topological polar surface area (TPSA) is 42.4 Å². The van der Waals surface area contributed by atoms with Crippen molar-refractivity contribution in [2.45, 2.75) is 42.4 Å². The van der Waals surface area contributed by atoms with Gasteiger partial charge in [-0.25, -0.2) is 4.39 Å². The SMILES string of the molecule is O=C(N1CC2(C[C@H](OCc3ccncc3)CS2)C1)C1(F)CC1. The molecule has 4 nitrogen and oxygen atoms in total. The Kier molecular flexibility index (Phi) is 3.42. The Balaban J connectivity index is 1.26. The Bertz CT molecular complexity index is 573. The van der Waals surface area contributed by atoms with Crippen molar-refractivity contribution in [2.24, 2.45) is 0 Å². The smallest absolute Gasteiger partial charge is 0.260 e. The number of ether oxygens (including phenoxy) is 1. The van der Waals surface area contributed by atoms with E-state index in [1.807, 2.05) is 23.9 Å². The van der Waals surface area contributed by atoms with E-state index in [9.17, 15) is 9.18 Å². The Morgan fingerprint density at radius 2 is 2.14 bits per heavy atom. The van der Waals surface area contributed by atoms with E-state index >= 15 is 0 Å². The van der Waals surface area contributed by atoms with Crippen molar-refractivity contribution < 1.29 is 13.9 Å². The third-order valence-electron chi connectivity index (χ3n) is 4.73. The Labute approximate surface area is 133 Å². The molecule has 3 heterocycles. The molecule has 22 heavy (non-hydrogen) atoms. The maximum absolute atomic E-state index is 13.8. The lowest BCUT2D eigenvalue weighted by Gasteiger charge is -2.48. The predicted molar refractivity (Wildman–Crippen MR) is 82.3 cm³/mol. The zero-order valence-corrected chi connectivity index (χ0v) is 13.2. The number of carbonyl (C=O) groups is 1. The first-order valence-corrected chi connectivity index (χ1v) is 8.70. The van der Waals surface area contributed by atoms with Gasteiger partial charge in [-0.1, -0.05) is 0 Å². The van der Waals surface area contributed by atoms with Crippen molar-refractivity contribution in [1.82, 2.24) is 9.88 Å². The largest absolute Gasteiger partial charge is 0.373 e. The van der Waals surface area contributed by atoms with E-state index in [0.717, 1.165) is 17.7 Å². The molecule has 3 aliphatic rings. The van der Waals surface area contributed by atoms with Gasteiger partial charge in [-0.3, -0.25) is 9.78 Å². The van der Waals surface area contributed by atoms with Crippen LogP contribution >= 0.6 is 11.8 Å². The molecule has 0 unspecified atom stereocenters. The molecule has 0 aromatic carbocycles. The molecule has 1 aromatic rings. The zero-order chi connectivity index (χ0) is 15.2. The predicted octanol–water partition coefficient (Wildman–Crippen LogP) is 2.19. The number of amides is 1. The van der Waals surface area contributed by atoms with Gasteiger partial charge in [-0.05, 0) is 37.0 Å². The van der Waals surface area contributed by atoms with E-state index in [0.29, 0.717) is 32.5 Å². The fourth-order valence-corrected chi connectivity index (χ4v) is 4.77. The first kappa shape index (κ1) is 14.5. The van der Waals surface area contributed by atoms with Gasteiger partial charge in [-0.15, -0.1) is 11.8 Å². The molecule has 1 atom stereocenters. The summed E-state index contributed by atoms with van der Waals surface area (Å²) >= 11 is 1.87. The van der Waals surface area contributed by atoms with Crippen molar-refractivity contribution in [3.05, 3.63) is 30.1 Å². The fraction of sp³-hybridized carbons (Fsp3) is 0.625. The molecule has 1 amide bonds. The molecule has 1 aliphatic carbocycles. The highest BCUT2D eigenvalue weighted by Crippen LogP contribution is 2.49. The highest BCUT2D eigenvalue weighted by atomic mass is 32.2. The summed E-state index contributed by atoms with van der Waals surface area (Å²) in [5.41, 5.74) is -0.401. The van der Waals surface area contributed by atoms with Crippen molar-refractivity contribution in [3.63, 3.8) is 0 Å². The van der Waals surface area contributed by atoms with Crippen LogP contribution in [0.1, 0.15) is 24.8 Å². The third-order valence-corrected chi connectivity index (χ3v) is 6.30. The molecule has 4 rings (SSSR count). The van der Waals surface area contributed by atoms with E-state index in [4.69, 9.17) is 4.74 Å². The average Bonchev–Trinajstić information content (AvgIpc) is 3.11. The summed E-state index contributed by atoms with van der Waals surface area (Å²) in [6.45, 7) is 1.95. The quantitative estimate of drug-likeness (QED) is 0.852. The average molecular weight is 322 g/mol. The minimum Gasteiger partial charge on any atom is -0.373 e. The summed E-state index contributed by atoms with van der Waals surface area (Å²) in [5, 5.41) is 0. The van der Waals surface area contributed by atoms with E-state index in [-0.39, 0.29) is 16.8 Å². The minimum atomic E-state index is -1.53. The minimum absolute atomic E-state index is 0.101. The van der Waals surface area contributed by atoms with Gasteiger partial charge in [-0.2, -0.15) is 0 Å². The van der Waals surface area contributed by atoms with Crippen LogP contribution in [0.4, 0.5) is 4.39 Å². The molecule has 1 aromatic heterocycles. The number of pyridine rings is 1. The van der Waals surface area contributed by atoms with Crippen LogP contribution in [-0.4, -0.2) is 51.2 Å². The summed E-state index contributed by atoms with van der Waals surface area (Å²) in [7, 11) is 0. The van der Waals surface area contributed by atoms with Gasteiger partial charge in [0.15, 0.2) is 5.67 Å². The summed E-state index contributed by atoms with van der Waals surface area (Å²) in [4.78, 5) is 17.6. The molecule has 2 aliphatic heterocycles. The molecule has 3 fully saturated rings. The number of carbonyl (C=O) groups excluding carboxylic acids is 1. The zero-order valence-electron chi connectivity index (χ0n) is 12.3. The number of aromatic nitrogens is 1. The van der Waals surface area contributed by atoms with Crippen LogP contribution in [0.2, 0.25) is 0 Å². The highest BCUT2D eigenvalue weighted by molar-refractivity contribution is 8.01. The van der Waals surface area contributed by atoms with E-state index in [2.05, 4.69) is 4.98 Å². The first-order valence-electron chi connectivity index (χ1n) is 7.71. The molecule has 2 saturated heterocycles.